The average molecular weight is 301 g/mol. The molecule has 1 heterocycles. The van der Waals surface area contributed by atoms with Gasteiger partial charge in [0.1, 0.15) is 0 Å². The van der Waals surface area contributed by atoms with Crippen molar-refractivity contribution in [3.05, 3.63) is 35.9 Å². The van der Waals surface area contributed by atoms with Crippen molar-refractivity contribution in [1.82, 2.24) is 4.90 Å². The maximum atomic E-state index is 5.53. The fourth-order valence-electron chi connectivity index (χ4n) is 4.41. The second-order valence-corrected chi connectivity index (χ2v) is 6.57. The molecular formula is C19H27NO2. The predicted molar refractivity (Wildman–Crippen MR) is 89.9 cm³/mol. The first kappa shape index (κ1) is 15.4. The van der Waals surface area contributed by atoms with E-state index in [9.17, 15) is 0 Å². The van der Waals surface area contributed by atoms with Crippen molar-refractivity contribution >= 4 is 0 Å². The van der Waals surface area contributed by atoms with Crippen molar-refractivity contribution in [2.24, 2.45) is 0 Å². The minimum absolute atomic E-state index is 0.247. The molecule has 1 aromatic rings. The van der Waals surface area contributed by atoms with Crippen molar-refractivity contribution in [3.8, 4) is 11.5 Å². The number of likely N-dealkylation sites (tertiary alicyclic amines) is 1. The van der Waals surface area contributed by atoms with Crippen LogP contribution in [0.15, 0.2) is 30.4 Å². The third-order valence-corrected chi connectivity index (χ3v) is 5.70. The Kier molecular flexibility index (Phi) is 4.18. The van der Waals surface area contributed by atoms with Crippen LogP contribution >= 0.6 is 0 Å². The van der Waals surface area contributed by atoms with Crippen LogP contribution in [0.2, 0.25) is 0 Å². The van der Waals surface area contributed by atoms with Crippen molar-refractivity contribution in [1.29, 1.82) is 0 Å². The van der Waals surface area contributed by atoms with E-state index in [2.05, 4.69) is 36.6 Å². The molecule has 3 nitrogen and oxygen atoms in total. The number of fused-ring (bicyclic) bond motifs is 1. The predicted octanol–water partition coefficient (Wildman–Crippen LogP) is 3.78. The zero-order valence-electron chi connectivity index (χ0n) is 14.0. The van der Waals surface area contributed by atoms with Crippen LogP contribution in [-0.4, -0.2) is 38.3 Å². The molecule has 3 heteroatoms. The fourth-order valence-corrected chi connectivity index (χ4v) is 4.41. The maximum absolute atomic E-state index is 5.53. The van der Waals surface area contributed by atoms with Crippen LogP contribution in [0.1, 0.15) is 38.2 Å². The lowest BCUT2D eigenvalue weighted by Gasteiger charge is -2.43. The van der Waals surface area contributed by atoms with Gasteiger partial charge >= 0.3 is 0 Å². The summed E-state index contributed by atoms with van der Waals surface area (Å²) in [5.41, 5.74) is 3.05. The molecule has 2 unspecified atom stereocenters. The highest BCUT2D eigenvalue weighted by Gasteiger charge is 2.49. The number of methoxy groups -OCH3 is 2. The van der Waals surface area contributed by atoms with Gasteiger partial charge in [-0.1, -0.05) is 25.1 Å². The van der Waals surface area contributed by atoms with Crippen LogP contribution in [0.25, 0.3) is 0 Å². The summed E-state index contributed by atoms with van der Waals surface area (Å²) in [5.74, 6) is 1.65. The van der Waals surface area contributed by atoms with Gasteiger partial charge in [0.25, 0.3) is 0 Å². The molecule has 0 aromatic heterocycles. The monoisotopic (exact) mass is 301 g/mol. The highest BCUT2D eigenvalue weighted by atomic mass is 16.5. The zero-order chi connectivity index (χ0) is 15.7. The SMILES string of the molecule is C=C1CCC2(c3ccc(OC)c(OC)c3)CCN(CC)C2C1. The largest absolute Gasteiger partial charge is 0.493 e. The molecule has 1 saturated heterocycles. The van der Waals surface area contributed by atoms with Gasteiger partial charge in [0.15, 0.2) is 11.5 Å². The normalized spacial score (nSPS) is 28.5. The first-order chi connectivity index (χ1) is 10.6. The van der Waals surface area contributed by atoms with Crippen molar-refractivity contribution in [2.45, 2.75) is 44.1 Å². The summed E-state index contributed by atoms with van der Waals surface area (Å²) >= 11 is 0. The van der Waals surface area contributed by atoms with Gasteiger partial charge in [0.05, 0.1) is 14.2 Å². The standard InChI is InChI=1S/C19H27NO2/c1-5-20-11-10-19(9-8-14(2)12-18(19)20)15-6-7-16(21-3)17(13-15)22-4/h6-7,13,18H,2,5,8-12H2,1,3-4H3. The summed E-state index contributed by atoms with van der Waals surface area (Å²) in [6.07, 6.45) is 4.70. The van der Waals surface area contributed by atoms with Gasteiger partial charge in [-0.25, -0.2) is 0 Å². The fraction of sp³-hybridized carbons (Fsp3) is 0.579. The van der Waals surface area contributed by atoms with Gasteiger partial charge in [-0.15, -0.1) is 0 Å². The van der Waals surface area contributed by atoms with Gasteiger partial charge in [0.2, 0.25) is 0 Å². The van der Waals surface area contributed by atoms with Crippen LogP contribution in [0.3, 0.4) is 0 Å². The second kappa shape index (κ2) is 5.96. The molecule has 2 aliphatic rings. The Labute approximate surface area is 133 Å². The number of hydrogen-bond acceptors (Lipinski definition) is 3. The Morgan fingerprint density at radius 2 is 2.00 bits per heavy atom. The molecule has 1 saturated carbocycles. The molecule has 0 bridgehead atoms. The Bertz CT molecular complexity index is 569. The smallest absolute Gasteiger partial charge is 0.161 e. The molecule has 22 heavy (non-hydrogen) atoms. The van der Waals surface area contributed by atoms with Gasteiger partial charge in [-0.3, -0.25) is 4.90 Å². The molecule has 2 fully saturated rings. The molecular weight excluding hydrogens is 274 g/mol. The molecule has 1 aliphatic carbocycles. The number of benzene rings is 1. The van der Waals surface area contributed by atoms with Crippen LogP contribution < -0.4 is 9.47 Å². The van der Waals surface area contributed by atoms with Crippen LogP contribution in [0.4, 0.5) is 0 Å². The van der Waals surface area contributed by atoms with E-state index < -0.39 is 0 Å². The van der Waals surface area contributed by atoms with E-state index in [1.807, 2.05) is 0 Å². The molecule has 120 valence electrons. The van der Waals surface area contributed by atoms with E-state index in [0.717, 1.165) is 30.9 Å². The number of nitrogens with zero attached hydrogens (tertiary/aromatic N) is 1. The Morgan fingerprint density at radius 1 is 1.23 bits per heavy atom. The highest BCUT2D eigenvalue weighted by Crippen LogP contribution is 2.51. The Morgan fingerprint density at radius 3 is 2.68 bits per heavy atom. The minimum atomic E-state index is 0.247. The number of hydrogen-bond donors (Lipinski definition) is 0. The van der Waals surface area contributed by atoms with Gasteiger partial charge in [0, 0.05) is 11.5 Å². The Balaban J connectivity index is 2.02. The zero-order valence-corrected chi connectivity index (χ0v) is 14.0. The van der Waals surface area contributed by atoms with Crippen molar-refractivity contribution in [3.63, 3.8) is 0 Å². The van der Waals surface area contributed by atoms with Gasteiger partial charge in [-0.05, 0) is 56.5 Å². The Hall–Kier alpha value is -1.48. The molecule has 1 aromatic carbocycles. The maximum Gasteiger partial charge on any atom is 0.161 e. The molecule has 3 rings (SSSR count). The number of rotatable bonds is 4. The molecule has 1 aliphatic heterocycles. The lowest BCUT2D eigenvalue weighted by molar-refractivity contribution is 0.186. The van der Waals surface area contributed by atoms with Gasteiger partial charge < -0.3 is 9.47 Å². The number of ether oxygens (including phenoxy) is 2. The van der Waals surface area contributed by atoms with E-state index in [0.29, 0.717) is 6.04 Å². The third-order valence-electron chi connectivity index (χ3n) is 5.70. The minimum Gasteiger partial charge on any atom is -0.493 e. The molecule has 0 N–H and O–H groups in total. The van der Waals surface area contributed by atoms with Crippen LogP contribution in [0.5, 0.6) is 11.5 Å². The summed E-state index contributed by atoms with van der Waals surface area (Å²) < 4.78 is 10.9. The second-order valence-electron chi connectivity index (χ2n) is 6.57. The topological polar surface area (TPSA) is 21.7 Å². The third kappa shape index (κ3) is 2.32. The van der Waals surface area contributed by atoms with Crippen LogP contribution in [0, 0.1) is 0 Å². The molecule has 0 radical (unpaired) electrons. The summed E-state index contributed by atoms with van der Waals surface area (Å²) in [6, 6.07) is 7.07. The molecule has 0 amide bonds. The first-order valence-electron chi connectivity index (χ1n) is 8.28. The highest BCUT2D eigenvalue weighted by molar-refractivity contribution is 5.47. The first-order valence-corrected chi connectivity index (χ1v) is 8.28. The van der Waals surface area contributed by atoms with E-state index in [4.69, 9.17) is 9.47 Å². The summed E-state index contributed by atoms with van der Waals surface area (Å²) in [5, 5.41) is 0. The van der Waals surface area contributed by atoms with E-state index in [-0.39, 0.29) is 5.41 Å². The molecule has 0 spiro atoms. The quantitative estimate of drug-likeness (QED) is 0.790. The van der Waals surface area contributed by atoms with Crippen molar-refractivity contribution in [2.75, 3.05) is 27.3 Å². The van der Waals surface area contributed by atoms with Crippen LogP contribution in [-0.2, 0) is 5.41 Å². The van der Waals surface area contributed by atoms with E-state index in [1.54, 1.807) is 14.2 Å². The summed E-state index contributed by atoms with van der Waals surface area (Å²) in [4.78, 5) is 2.63. The lowest BCUT2D eigenvalue weighted by Crippen LogP contribution is -2.45. The van der Waals surface area contributed by atoms with Gasteiger partial charge in [-0.2, -0.15) is 0 Å². The molecule has 2 atom stereocenters. The number of likely N-dealkylation sites (N-methyl/N-ethyl adjacent to an activating group) is 1. The van der Waals surface area contributed by atoms with E-state index >= 15 is 0 Å². The average Bonchev–Trinajstić information content (AvgIpc) is 2.93. The summed E-state index contributed by atoms with van der Waals surface area (Å²) in [7, 11) is 3.41. The summed E-state index contributed by atoms with van der Waals surface area (Å²) in [6.45, 7) is 8.83. The van der Waals surface area contributed by atoms with E-state index in [1.165, 1.54) is 30.5 Å². The lowest BCUT2D eigenvalue weighted by atomic mass is 9.65. The van der Waals surface area contributed by atoms with Crippen molar-refractivity contribution < 1.29 is 9.47 Å².